The van der Waals surface area contributed by atoms with Gasteiger partial charge in [0, 0.05) is 16.3 Å². The monoisotopic (exact) mass is 329 g/mol. The molecule has 1 aromatic carbocycles. The van der Waals surface area contributed by atoms with Crippen LogP contribution in [-0.4, -0.2) is 28.8 Å². The highest BCUT2D eigenvalue weighted by molar-refractivity contribution is 7.99. The fraction of sp³-hybridized carbons (Fsp3) is 0.467. The molecular formula is C15H20ClNO3S. The van der Waals surface area contributed by atoms with Gasteiger partial charge in [0.25, 0.3) is 0 Å². The van der Waals surface area contributed by atoms with E-state index in [4.69, 9.17) is 16.7 Å². The Kier molecular flexibility index (Phi) is 8.23. The molecule has 0 heterocycles. The number of aliphatic carboxylic acids is 1. The van der Waals surface area contributed by atoms with Gasteiger partial charge in [-0.05, 0) is 42.9 Å². The summed E-state index contributed by atoms with van der Waals surface area (Å²) < 4.78 is 0. The summed E-state index contributed by atoms with van der Waals surface area (Å²) >= 11 is 7.46. The van der Waals surface area contributed by atoms with Crippen molar-refractivity contribution >= 4 is 35.2 Å². The lowest BCUT2D eigenvalue weighted by molar-refractivity contribution is -0.142. The molecule has 1 amide bonds. The van der Waals surface area contributed by atoms with Crippen LogP contribution in [0.1, 0.15) is 32.6 Å². The molecule has 0 bridgehead atoms. The lowest BCUT2D eigenvalue weighted by Crippen LogP contribution is -2.40. The molecule has 0 aromatic heterocycles. The number of carbonyl (C=O) groups is 2. The van der Waals surface area contributed by atoms with Crippen molar-refractivity contribution in [3.05, 3.63) is 29.3 Å². The standard InChI is InChI=1S/C15H20ClNO3S/c1-2-4-13(15(19)20)17-14(18)5-3-10-21-12-8-6-11(16)7-9-12/h6-9,13H,2-5,10H2,1H3,(H,17,18)(H,19,20). The highest BCUT2D eigenvalue weighted by Crippen LogP contribution is 2.21. The second-order valence-corrected chi connectivity index (χ2v) is 6.26. The van der Waals surface area contributed by atoms with Gasteiger partial charge in [0.05, 0.1) is 0 Å². The van der Waals surface area contributed by atoms with Crippen molar-refractivity contribution in [1.82, 2.24) is 5.32 Å². The van der Waals surface area contributed by atoms with Crippen molar-refractivity contribution < 1.29 is 14.7 Å². The van der Waals surface area contributed by atoms with Crippen molar-refractivity contribution in [2.75, 3.05) is 5.75 Å². The van der Waals surface area contributed by atoms with E-state index in [1.807, 2.05) is 31.2 Å². The van der Waals surface area contributed by atoms with E-state index in [2.05, 4.69) is 5.32 Å². The number of thioether (sulfide) groups is 1. The molecule has 1 aromatic rings. The van der Waals surface area contributed by atoms with Crippen LogP contribution in [-0.2, 0) is 9.59 Å². The largest absolute Gasteiger partial charge is 0.480 e. The zero-order valence-electron chi connectivity index (χ0n) is 12.0. The van der Waals surface area contributed by atoms with Crippen LogP contribution in [0.4, 0.5) is 0 Å². The molecule has 116 valence electrons. The van der Waals surface area contributed by atoms with Crippen LogP contribution < -0.4 is 5.32 Å². The van der Waals surface area contributed by atoms with Crippen LogP contribution >= 0.6 is 23.4 Å². The van der Waals surface area contributed by atoms with Crippen LogP contribution in [0.15, 0.2) is 29.2 Å². The average molecular weight is 330 g/mol. The van der Waals surface area contributed by atoms with Crippen LogP contribution in [0.25, 0.3) is 0 Å². The molecule has 2 N–H and O–H groups in total. The van der Waals surface area contributed by atoms with Crippen molar-refractivity contribution in [2.24, 2.45) is 0 Å². The molecule has 4 nitrogen and oxygen atoms in total. The number of hydrogen-bond donors (Lipinski definition) is 2. The van der Waals surface area contributed by atoms with Gasteiger partial charge in [-0.2, -0.15) is 0 Å². The summed E-state index contributed by atoms with van der Waals surface area (Å²) in [5, 5.41) is 12.2. The zero-order chi connectivity index (χ0) is 15.7. The van der Waals surface area contributed by atoms with E-state index in [9.17, 15) is 9.59 Å². The fourth-order valence-electron chi connectivity index (χ4n) is 1.77. The molecule has 0 aliphatic rings. The second kappa shape index (κ2) is 9.68. The SMILES string of the molecule is CCCC(NC(=O)CCCSc1ccc(Cl)cc1)C(=O)O. The van der Waals surface area contributed by atoms with Gasteiger partial charge < -0.3 is 10.4 Å². The number of hydrogen-bond acceptors (Lipinski definition) is 3. The molecule has 0 radical (unpaired) electrons. The van der Waals surface area contributed by atoms with Crippen molar-refractivity contribution in [3.63, 3.8) is 0 Å². The molecule has 6 heteroatoms. The topological polar surface area (TPSA) is 66.4 Å². The van der Waals surface area contributed by atoms with Crippen molar-refractivity contribution in [3.8, 4) is 0 Å². The van der Waals surface area contributed by atoms with E-state index in [1.54, 1.807) is 11.8 Å². The van der Waals surface area contributed by atoms with E-state index >= 15 is 0 Å². The summed E-state index contributed by atoms with van der Waals surface area (Å²) in [6.07, 6.45) is 2.23. The van der Waals surface area contributed by atoms with E-state index in [0.717, 1.165) is 17.1 Å². The van der Waals surface area contributed by atoms with Gasteiger partial charge in [-0.15, -0.1) is 11.8 Å². The number of benzene rings is 1. The Morgan fingerprint density at radius 2 is 2.00 bits per heavy atom. The first kappa shape index (κ1) is 17.9. The first-order valence-electron chi connectivity index (χ1n) is 6.93. The first-order valence-corrected chi connectivity index (χ1v) is 8.29. The third-order valence-corrected chi connectivity index (χ3v) is 4.19. The van der Waals surface area contributed by atoms with Crippen molar-refractivity contribution in [2.45, 2.75) is 43.5 Å². The second-order valence-electron chi connectivity index (χ2n) is 4.65. The smallest absolute Gasteiger partial charge is 0.326 e. The zero-order valence-corrected chi connectivity index (χ0v) is 13.5. The minimum absolute atomic E-state index is 0.201. The van der Waals surface area contributed by atoms with Gasteiger partial charge in [0.2, 0.25) is 5.91 Å². The van der Waals surface area contributed by atoms with E-state index in [0.29, 0.717) is 24.3 Å². The number of amides is 1. The summed E-state index contributed by atoms with van der Waals surface area (Å²) in [7, 11) is 0. The van der Waals surface area contributed by atoms with Crippen LogP contribution in [0.2, 0.25) is 5.02 Å². The molecule has 1 rings (SSSR count). The molecule has 0 fully saturated rings. The number of carboxylic acids is 1. The van der Waals surface area contributed by atoms with Gasteiger partial charge in [-0.3, -0.25) is 4.79 Å². The highest BCUT2D eigenvalue weighted by atomic mass is 35.5. The summed E-state index contributed by atoms with van der Waals surface area (Å²) in [5.74, 6) is -0.367. The lowest BCUT2D eigenvalue weighted by Gasteiger charge is -2.13. The Balaban J connectivity index is 2.23. The third-order valence-electron chi connectivity index (χ3n) is 2.84. The number of halogens is 1. The number of rotatable bonds is 9. The predicted octanol–water partition coefficient (Wildman–Crippen LogP) is 3.58. The molecule has 21 heavy (non-hydrogen) atoms. The maximum Gasteiger partial charge on any atom is 0.326 e. The number of nitrogens with one attached hydrogen (secondary N) is 1. The van der Waals surface area contributed by atoms with Gasteiger partial charge >= 0.3 is 5.97 Å². The van der Waals surface area contributed by atoms with Crippen LogP contribution in [0.3, 0.4) is 0 Å². The number of carboxylic acid groups (broad SMARTS) is 1. The normalized spacial score (nSPS) is 11.9. The Morgan fingerprint density at radius 3 is 2.57 bits per heavy atom. The maximum absolute atomic E-state index is 11.7. The molecule has 0 saturated heterocycles. The number of carbonyl (C=O) groups excluding carboxylic acids is 1. The molecule has 1 atom stereocenters. The van der Waals surface area contributed by atoms with E-state index < -0.39 is 12.0 Å². The summed E-state index contributed by atoms with van der Waals surface area (Å²) in [6.45, 7) is 1.89. The van der Waals surface area contributed by atoms with E-state index in [-0.39, 0.29) is 5.91 Å². The minimum Gasteiger partial charge on any atom is -0.480 e. The quantitative estimate of drug-likeness (QED) is 0.537. The van der Waals surface area contributed by atoms with Gasteiger partial charge in [0.15, 0.2) is 0 Å². The van der Waals surface area contributed by atoms with Crippen LogP contribution in [0.5, 0.6) is 0 Å². The highest BCUT2D eigenvalue weighted by Gasteiger charge is 2.18. The third kappa shape index (κ3) is 7.39. The summed E-state index contributed by atoms with van der Waals surface area (Å²) in [5.41, 5.74) is 0. The van der Waals surface area contributed by atoms with E-state index in [1.165, 1.54) is 0 Å². The Hall–Kier alpha value is -1.20. The van der Waals surface area contributed by atoms with Gasteiger partial charge in [-0.1, -0.05) is 24.9 Å². The molecule has 0 aliphatic heterocycles. The maximum atomic E-state index is 11.7. The summed E-state index contributed by atoms with van der Waals surface area (Å²) in [6, 6.07) is 6.77. The molecule has 1 unspecified atom stereocenters. The Morgan fingerprint density at radius 1 is 1.33 bits per heavy atom. The fourth-order valence-corrected chi connectivity index (χ4v) is 2.75. The van der Waals surface area contributed by atoms with Gasteiger partial charge in [0.1, 0.15) is 6.04 Å². The average Bonchev–Trinajstić information content (AvgIpc) is 2.45. The predicted molar refractivity (Wildman–Crippen MR) is 85.9 cm³/mol. The Labute approximate surface area is 134 Å². The summed E-state index contributed by atoms with van der Waals surface area (Å²) in [4.78, 5) is 23.7. The minimum atomic E-state index is -0.972. The molecular weight excluding hydrogens is 310 g/mol. The Bertz CT molecular complexity index is 464. The molecule has 0 spiro atoms. The van der Waals surface area contributed by atoms with Crippen molar-refractivity contribution in [1.29, 1.82) is 0 Å². The first-order chi connectivity index (χ1) is 10.0. The molecule has 0 aliphatic carbocycles. The van der Waals surface area contributed by atoms with Gasteiger partial charge in [-0.25, -0.2) is 4.79 Å². The lowest BCUT2D eigenvalue weighted by atomic mass is 10.1. The molecule has 0 saturated carbocycles. The van der Waals surface area contributed by atoms with Crippen LogP contribution in [0, 0.1) is 0 Å².